The van der Waals surface area contributed by atoms with Gasteiger partial charge in [0.25, 0.3) is 0 Å². The first kappa shape index (κ1) is 39.7. The van der Waals surface area contributed by atoms with Crippen LogP contribution in [0.4, 0.5) is 0 Å². The monoisotopic (exact) mass is 921 g/mol. The Kier molecular flexibility index (Phi) is 8.76. The SMILES string of the molecule is c1ccc(-c2cccc(-c3nc(-c4cc5sc6c7ccccc7ccc6c5cc4-n4c5ccccc5c5cc6ccccc6cc54)nc(-c4cccc5c4c4ccccc4n5-c4ccccc4)n3)c2)cc1. The van der Waals surface area contributed by atoms with Crippen molar-refractivity contribution in [2.45, 2.75) is 0 Å². The zero-order chi connectivity index (χ0) is 46.6. The summed E-state index contributed by atoms with van der Waals surface area (Å²) in [4.78, 5) is 16.7. The highest BCUT2D eigenvalue weighted by Crippen LogP contribution is 2.46. The quantitative estimate of drug-likeness (QED) is 0.167. The lowest BCUT2D eigenvalue weighted by Crippen LogP contribution is -2.04. The molecule has 0 saturated heterocycles. The van der Waals surface area contributed by atoms with Gasteiger partial charge in [0.1, 0.15) is 0 Å². The average molecular weight is 922 g/mol. The molecule has 0 atom stereocenters. The van der Waals surface area contributed by atoms with E-state index in [1.165, 1.54) is 52.5 Å². The van der Waals surface area contributed by atoms with Crippen molar-refractivity contribution in [3.05, 3.63) is 237 Å². The molecule has 71 heavy (non-hydrogen) atoms. The highest BCUT2D eigenvalue weighted by atomic mass is 32.1. The van der Waals surface area contributed by atoms with Crippen LogP contribution < -0.4 is 0 Å². The molecule has 0 unspecified atom stereocenters. The van der Waals surface area contributed by atoms with Gasteiger partial charge in [-0.2, -0.15) is 0 Å². The molecule has 0 amide bonds. The van der Waals surface area contributed by atoms with E-state index in [-0.39, 0.29) is 0 Å². The molecule has 330 valence electrons. The maximum Gasteiger partial charge on any atom is 0.166 e. The van der Waals surface area contributed by atoms with Crippen molar-refractivity contribution in [3.63, 3.8) is 0 Å². The Morgan fingerprint density at radius 1 is 0.310 bits per heavy atom. The maximum absolute atomic E-state index is 5.67. The second-order valence-electron chi connectivity index (χ2n) is 18.3. The predicted molar refractivity (Wildman–Crippen MR) is 298 cm³/mol. The number of aromatic nitrogens is 5. The third-order valence-electron chi connectivity index (χ3n) is 14.3. The Hall–Kier alpha value is -9.23. The van der Waals surface area contributed by atoms with E-state index in [1.54, 1.807) is 0 Å². The van der Waals surface area contributed by atoms with Crippen LogP contribution in [0.15, 0.2) is 237 Å². The number of rotatable bonds is 6. The van der Waals surface area contributed by atoms with E-state index in [0.29, 0.717) is 17.5 Å². The second-order valence-corrected chi connectivity index (χ2v) is 19.4. The fraction of sp³-hybridized carbons (Fsp3) is 0. The molecule has 0 radical (unpaired) electrons. The van der Waals surface area contributed by atoms with Crippen molar-refractivity contribution in [1.82, 2.24) is 24.1 Å². The first-order chi connectivity index (χ1) is 35.2. The van der Waals surface area contributed by atoms with Crippen LogP contribution in [0.1, 0.15) is 0 Å². The Morgan fingerprint density at radius 3 is 1.73 bits per heavy atom. The van der Waals surface area contributed by atoms with E-state index in [2.05, 4.69) is 246 Å². The zero-order valence-electron chi connectivity index (χ0n) is 38.2. The fourth-order valence-electron chi connectivity index (χ4n) is 11.1. The van der Waals surface area contributed by atoms with Crippen LogP contribution in [0.3, 0.4) is 0 Å². The van der Waals surface area contributed by atoms with Gasteiger partial charge in [-0.25, -0.2) is 15.0 Å². The molecule has 0 aliphatic rings. The van der Waals surface area contributed by atoms with Crippen LogP contribution in [0.2, 0.25) is 0 Å². The maximum atomic E-state index is 5.67. The normalized spacial score (nSPS) is 11.9. The minimum atomic E-state index is 0.602. The van der Waals surface area contributed by atoms with Gasteiger partial charge in [0.15, 0.2) is 17.5 Å². The second kappa shape index (κ2) is 15.7. The van der Waals surface area contributed by atoms with E-state index in [9.17, 15) is 0 Å². The lowest BCUT2D eigenvalue weighted by atomic mass is 10.0. The Morgan fingerprint density at radius 2 is 0.915 bits per heavy atom. The fourth-order valence-corrected chi connectivity index (χ4v) is 12.4. The van der Waals surface area contributed by atoms with Gasteiger partial charge in [-0.15, -0.1) is 11.3 Å². The summed E-state index contributed by atoms with van der Waals surface area (Å²) in [6.45, 7) is 0. The molecule has 0 spiro atoms. The molecule has 4 heterocycles. The van der Waals surface area contributed by atoms with Crippen molar-refractivity contribution in [1.29, 1.82) is 0 Å². The third-order valence-corrected chi connectivity index (χ3v) is 15.5. The van der Waals surface area contributed by atoms with Gasteiger partial charge >= 0.3 is 0 Å². The number of para-hydroxylation sites is 3. The van der Waals surface area contributed by atoms with Crippen molar-refractivity contribution < 1.29 is 0 Å². The summed E-state index contributed by atoms with van der Waals surface area (Å²) in [6.07, 6.45) is 0. The molecular weight excluding hydrogens is 883 g/mol. The van der Waals surface area contributed by atoms with E-state index in [4.69, 9.17) is 15.0 Å². The molecule has 6 heteroatoms. The molecule has 15 aromatic rings. The van der Waals surface area contributed by atoms with Gasteiger partial charge in [0, 0.05) is 64.1 Å². The first-order valence-electron chi connectivity index (χ1n) is 24.0. The molecule has 0 N–H and O–H groups in total. The van der Waals surface area contributed by atoms with E-state index >= 15 is 0 Å². The van der Waals surface area contributed by atoms with Gasteiger partial charge in [-0.05, 0) is 93.3 Å². The number of hydrogen-bond donors (Lipinski definition) is 0. The molecule has 0 aliphatic heterocycles. The molecule has 0 saturated carbocycles. The zero-order valence-corrected chi connectivity index (χ0v) is 39.0. The van der Waals surface area contributed by atoms with E-state index in [0.717, 1.165) is 72.0 Å². The van der Waals surface area contributed by atoms with Crippen LogP contribution in [-0.2, 0) is 0 Å². The number of benzene rings is 11. The van der Waals surface area contributed by atoms with Gasteiger partial charge in [-0.3, -0.25) is 0 Å². The molecule has 5 nitrogen and oxygen atoms in total. The van der Waals surface area contributed by atoms with Gasteiger partial charge < -0.3 is 9.13 Å². The largest absolute Gasteiger partial charge is 0.309 e. The minimum Gasteiger partial charge on any atom is -0.309 e. The Balaban J connectivity index is 1.07. The molecule has 15 rings (SSSR count). The molecule has 0 fully saturated rings. The summed E-state index contributed by atoms with van der Waals surface area (Å²) in [5, 5.41) is 11.9. The number of fused-ring (bicyclic) bond motifs is 12. The van der Waals surface area contributed by atoms with E-state index in [1.807, 2.05) is 11.3 Å². The third kappa shape index (κ3) is 6.22. The summed E-state index contributed by atoms with van der Waals surface area (Å²) in [7, 11) is 0. The van der Waals surface area contributed by atoms with Crippen molar-refractivity contribution in [3.8, 4) is 56.7 Å². The van der Waals surface area contributed by atoms with Crippen molar-refractivity contribution in [2.75, 3.05) is 0 Å². The smallest absolute Gasteiger partial charge is 0.166 e. The lowest BCUT2D eigenvalue weighted by Gasteiger charge is -2.16. The average Bonchev–Trinajstić information content (AvgIpc) is 4.10. The van der Waals surface area contributed by atoms with Gasteiger partial charge in [0.2, 0.25) is 0 Å². The standard InChI is InChI=1S/C65H39N5S/c1-3-17-40(18-4-1)42-22-15-23-45(35-42)63-66-64(51-29-16-32-57-61(51)50-28-12-14-31-56(50)69(57)46-24-5-2-6-25-46)68-65(67-63)54-39-60-53(49-34-33-41-19-9-10-26-47(41)62(49)71-60)38-59(54)70-55-30-13-11-27-48(55)52-36-43-20-7-8-21-44(43)37-58(52)70/h1-39H. The van der Waals surface area contributed by atoms with Gasteiger partial charge in [-0.1, -0.05) is 176 Å². The van der Waals surface area contributed by atoms with Crippen LogP contribution in [0.25, 0.3) is 142 Å². The Labute approximate surface area is 411 Å². The van der Waals surface area contributed by atoms with Crippen LogP contribution in [0, 0.1) is 0 Å². The molecular formula is C65H39N5S. The summed E-state index contributed by atoms with van der Waals surface area (Å²) >= 11 is 1.84. The van der Waals surface area contributed by atoms with Crippen LogP contribution >= 0.6 is 11.3 Å². The van der Waals surface area contributed by atoms with Crippen LogP contribution in [-0.4, -0.2) is 24.1 Å². The van der Waals surface area contributed by atoms with E-state index < -0.39 is 0 Å². The predicted octanol–water partition coefficient (Wildman–Crippen LogP) is 17.4. The number of nitrogens with zero attached hydrogens (tertiary/aromatic N) is 5. The summed E-state index contributed by atoms with van der Waals surface area (Å²) in [5.74, 6) is 1.82. The summed E-state index contributed by atoms with van der Waals surface area (Å²) in [6, 6.07) is 85.0. The summed E-state index contributed by atoms with van der Waals surface area (Å²) in [5.41, 5.74) is 11.6. The topological polar surface area (TPSA) is 48.5 Å². The number of thiophene rings is 1. The Bertz CT molecular complexity index is 4640. The molecule has 0 bridgehead atoms. The number of hydrogen-bond acceptors (Lipinski definition) is 4. The first-order valence-corrected chi connectivity index (χ1v) is 24.8. The van der Waals surface area contributed by atoms with Gasteiger partial charge in [0.05, 0.1) is 27.8 Å². The van der Waals surface area contributed by atoms with Crippen molar-refractivity contribution >= 4 is 96.7 Å². The minimum absolute atomic E-state index is 0.602. The highest BCUT2D eigenvalue weighted by Gasteiger charge is 2.24. The summed E-state index contributed by atoms with van der Waals surface area (Å²) < 4.78 is 7.24. The molecule has 11 aromatic carbocycles. The highest BCUT2D eigenvalue weighted by molar-refractivity contribution is 7.26. The van der Waals surface area contributed by atoms with Crippen molar-refractivity contribution in [2.24, 2.45) is 0 Å². The molecule has 4 aromatic heterocycles. The molecule has 0 aliphatic carbocycles. The van der Waals surface area contributed by atoms with Crippen LogP contribution in [0.5, 0.6) is 0 Å². The lowest BCUT2D eigenvalue weighted by molar-refractivity contribution is 1.07.